The van der Waals surface area contributed by atoms with Gasteiger partial charge in [0.1, 0.15) is 0 Å². The number of nitrogens with two attached hydrogens (primary N) is 1. The number of carbonyl (C=O) groups excluding carboxylic acids is 2. The monoisotopic (exact) mass is 290 g/mol. The lowest BCUT2D eigenvalue weighted by Crippen LogP contribution is -2.55. The molecule has 6 heteroatoms. The van der Waals surface area contributed by atoms with Crippen LogP contribution in [0.25, 0.3) is 0 Å². The van der Waals surface area contributed by atoms with E-state index in [0.29, 0.717) is 30.9 Å². The quantitative estimate of drug-likeness (QED) is 0.700. The maximum Gasteiger partial charge on any atom is 0.237 e. The molecule has 2 rings (SSSR count). The van der Waals surface area contributed by atoms with Gasteiger partial charge in [0, 0.05) is 26.1 Å². The van der Waals surface area contributed by atoms with Gasteiger partial charge in [-0.3, -0.25) is 14.5 Å². The lowest BCUT2D eigenvalue weighted by Gasteiger charge is -2.34. The van der Waals surface area contributed by atoms with Crippen molar-refractivity contribution in [2.45, 2.75) is 25.8 Å². The molecule has 0 aromatic heterocycles. The minimum atomic E-state index is -0.131. The molecule has 1 atom stereocenters. The number of amides is 2. The molecular formula is C15H22N4O2. The van der Waals surface area contributed by atoms with E-state index >= 15 is 0 Å². The largest absolute Gasteiger partial charge is 0.397 e. The smallest absolute Gasteiger partial charge is 0.237 e. The Morgan fingerprint density at radius 2 is 2.24 bits per heavy atom. The molecule has 21 heavy (non-hydrogen) atoms. The summed E-state index contributed by atoms with van der Waals surface area (Å²) in [7, 11) is 0. The van der Waals surface area contributed by atoms with Crippen LogP contribution in [-0.4, -0.2) is 42.4 Å². The highest BCUT2D eigenvalue weighted by molar-refractivity contribution is 5.93. The number of para-hydroxylation sites is 2. The molecule has 0 spiro atoms. The van der Waals surface area contributed by atoms with Crippen molar-refractivity contribution < 1.29 is 9.59 Å². The van der Waals surface area contributed by atoms with Crippen molar-refractivity contribution in [3.05, 3.63) is 24.3 Å². The van der Waals surface area contributed by atoms with Crippen LogP contribution in [0.2, 0.25) is 0 Å². The number of anilines is 2. The fraction of sp³-hybridized carbons (Fsp3) is 0.467. The molecule has 0 aliphatic carbocycles. The molecule has 6 nitrogen and oxygen atoms in total. The molecule has 114 valence electrons. The van der Waals surface area contributed by atoms with Crippen LogP contribution in [0.3, 0.4) is 0 Å². The third kappa shape index (κ3) is 3.95. The average Bonchev–Trinajstić information content (AvgIpc) is 2.47. The molecule has 1 unspecified atom stereocenters. The van der Waals surface area contributed by atoms with Crippen molar-refractivity contribution in [2.75, 3.05) is 30.7 Å². The first-order chi connectivity index (χ1) is 10.1. The Kier molecular flexibility index (Phi) is 5.16. The number of carbonyl (C=O) groups is 2. The first-order valence-electron chi connectivity index (χ1n) is 7.28. The predicted octanol–water partition coefficient (Wildman–Crippen LogP) is 0.808. The number of hydrogen-bond donors (Lipinski definition) is 3. The van der Waals surface area contributed by atoms with Gasteiger partial charge in [0.05, 0.1) is 17.4 Å². The Labute approximate surface area is 124 Å². The summed E-state index contributed by atoms with van der Waals surface area (Å²) in [4.78, 5) is 25.8. The molecule has 1 fully saturated rings. The third-order valence-electron chi connectivity index (χ3n) is 3.69. The summed E-state index contributed by atoms with van der Waals surface area (Å²) in [5.74, 6) is -0.0369. The number of piperazine rings is 1. The van der Waals surface area contributed by atoms with E-state index in [1.807, 2.05) is 19.1 Å². The second kappa shape index (κ2) is 7.08. The minimum absolute atomic E-state index is 0.0523. The van der Waals surface area contributed by atoms with E-state index in [4.69, 9.17) is 5.73 Å². The van der Waals surface area contributed by atoms with Gasteiger partial charge in [-0.05, 0) is 18.6 Å². The van der Waals surface area contributed by atoms with Crippen molar-refractivity contribution in [3.8, 4) is 0 Å². The van der Waals surface area contributed by atoms with Crippen LogP contribution >= 0.6 is 0 Å². The summed E-state index contributed by atoms with van der Waals surface area (Å²) < 4.78 is 0. The SMILES string of the molecule is CCC1C(=O)NCCN1CCC(=O)Nc1ccccc1N. The molecule has 1 aromatic carbocycles. The van der Waals surface area contributed by atoms with Crippen LogP contribution in [-0.2, 0) is 9.59 Å². The van der Waals surface area contributed by atoms with Crippen molar-refractivity contribution in [1.29, 1.82) is 0 Å². The highest BCUT2D eigenvalue weighted by Crippen LogP contribution is 2.17. The second-order valence-corrected chi connectivity index (χ2v) is 5.14. The van der Waals surface area contributed by atoms with Gasteiger partial charge in [0.25, 0.3) is 0 Å². The van der Waals surface area contributed by atoms with Crippen molar-refractivity contribution in [2.24, 2.45) is 0 Å². The summed E-state index contributed by atoms with van der Waals surface area (Å²) in [5, 5.41) is 5.65. The summed E-state index contributed by atoms with van der Waals surface area (Å²) in [5.41, 5.74) is 6.97. The van der Waals surface area contributed by atoms with Crippen LogP contribution in [0, 0.1) is 0 Å². The predicted molar refractivity (Wildman–Crippen MR) is 82.8 cm³/mol. The van der Waals surface area contributed by atoms with Crippen molar-refractivity contribution >= 4 is 23.2 Å². The number of hydrogen-bond acceptors (Lipinski definition) is 4. The summed E-state index contributed by atoms with van der Waals surface area (Å²) in [6.07, 6.45) is 1.09. The maximum absolute atomic E-state index is 12.0. The molecule has 2 amide bonds. The standard InChI is InChI=1S/C15H22N4O2/c1-2-13-15(21)17-8-10-19(13)9-7-14(20)18-12-6-4-3-5-11(12)16/h3-6,13H,2,7-10,16H2,1H3,(H,17,21)(H,18,20). The maximum atomic E-state index is 12.0. The van der Waals surface area contributed by atoms with E-state index in [0.717, 1.165) is 13.0 Å². The molecule has 1 heterocycles. The van der Waals surface area contributed by atoms with E-state index in [9.17, 15) is 9.59 Å². The number of nitrogen functional groups attached to an aromatic ring is 1. The van der Waals surface area contributed by atoms with E-state index in [1.165, 1.54) is 0 Å². The highest BCUT2D eigenvalue weighted by Gasteiger charge is 2.27. The zero-order chi connectivity index (χ0) is 15.2. The van der Waals surface area contributed by atoms with Crippen molar-refractivity contribution in [3.63, 3.8) is 0 Å². The summed E-state index contributed by atoms with van der Waals surface area (Å²) in [6, 6.07) is 7.04. The topological polar surface area (TPSA) is 87.5 Å². The fourth-order valence-electron chi connectivity index (χ4n) is 2.54. The molecule has 1 aliphatic rings. The third-order valence-corrected chi connectivity index (χ3v) is 3.69. The first-order valence-corrected chi connectivity index (χ1v) is 7.28. The van der Waals surface area contributed by atoms with Gasteiger partial charge in [-0.1, -0.05) is 19.1 Å². The van der Waals surface area contributed by atoms with E-state index < -0.39 is 0 Å². The Hall–Kier alpha value is -2.08. The molecule has 1 aliphatic heterocycles. The zero-order valence-corrected chi connectivity index (χ0v) is 12.3. The van der Waals surface area contributed by atoms with Crippen LogP contribution < -0.4 is 16.4 Å². The lowest BCUT2D eigenvalue weighted by molar-refractivity contribution is -0.129. The van der Waals surface area contributed by atoms with Crippen molar-refractivity contribution in [1.82, 2.24) is 10.2 Å². The second-order valence-electron chi connectivity index (χ2n) is 5.14. The van der Waals surface area contributed by atoms with Gasteiger partial charge in [0.15, 0.2) is 0 Å². The molecule has 1 aromatic rings. The zero-order valence-electron chi connectivity index (χ0n) is 12.3. The Morgan fingerprint density at radius 3 is 2.95 bits per heavy atom. The molecule has 0 radical (unpaired) electrons. The fourth-order valence-corrected chi connectivity index (χ4v) is 2.54. The molecule has 0 bridgehead atoms. The van der Waals surface area contributed by atoms with Gasteiger partial charge in [-0.25, -0.2) is 0 Å². The van der Waals surface area contributed by atoms with E-state index in [1.54, 1.807) is 12.1 Å². The van der Waals surface area contributed by atoms with Crippen LogP contribution in [0.4, 0.5) is 11.4 Å². The Bertz CT molecular complexity index is 518. The normalized spacial score (nSPS) is 19.1. The number of nitrogens with one attached hydrogen (secondary N) is 2. The van der Waals surface area contributed by atoms with Gasteiger partial charge < -0.3 is 16.4 Å². The highest BCUT2D eigenvalue weighted by atomic mass is 16.2. The molecule has 1 saturated heterocycles. The number of nitrogens with zero attached hydrogens (tertiary/aromatic N) is 1. The molecular weight excluding hydrogens is 268 g/mol. The molecule has 4 N–H and O–H groups in total. The van der Waals surface area contributed by atoms with E-state index in [2.05, 4.69) is 15.5 Å². The summed E-state index contributed by atoms with van der Waals surface area (Å²) in [6.45, 7) is 3.98. The number of benzene rings is 1. The first kappa shape index (κ1) is 15.3. The van der Waals surface area contributed by atoms with Crippen LogP contribution in [0.5, 0.6) is 0 Å². The van der Waals surface area contributed by atoms with Gasteiger partial charge in [0.2, 0.25) is 11.8 Å². The minimum Gasteiger partial charge on any atom is -0.397 e. The van der Waals surface area contributed by atoms with Crippen LogP contribution in [0.15, 0.2) is 24.3 Å². The molecule has 0 saturated carbocycles. The Balaban J connectivity index is 1.86. The van der Waals surface area contributed by atoms with Gasteiger partial charge in [-0.15, -0.1) is 0 Å². The van der Waals surface area contributed by atoms with Gasteiger partial charge in [-0.2, -0.15) is 0 Å². The van der Waals surface area contributed by atoms with Crippen LogP contribution in [0.1, 0.15) is 19.8 Å². The lowest BCUT2D eigenvalue weighted by atomic mass is 10.1. The number of rotatable bonds is 5. The van der Waals surface area contributed by atoms with E-state index in [-0.39, 0.29) is 17.9 Å². The van der Waals surface area contributed by atoms with Gasteiger partial charge >= 0.3 is 0 Å². The summed E-state index contributed by atoms with van der Waals surface area (Å²) >= 11 is 0. The Morgan fingerprint density at radius 1 is 1.48 bits per heavy atom. The average molecular weight is 290 g/mol.